The quantitative estimate of drug-likeness (QED) is 0.834. The van der Waals surface area contributed by atoms with E-state index in [4.69, 9.17) is 0 Å². The number of carbonyl (C=O) groups is 1. The van der Waals surface area contributed by atoms with E-state index in [1.165, 1.54) is 12.0 Å². The van der Waals surface area contributed by atoms with Crippen LogP contribution in [0.25, 0.3) is 0 Å². The zero-order valence-electron chi connectivity index (χ0n) is 12.4. The molecule has 0 bridgehead atoms. The molecule has 0 atom stereocenters. The minimum atomic E-state index is 0.336. The number of carbonyl (C=O) groups excluding carboxylic acids is 1. The van der Waals surface area contributed by atoms with Crippen molar-refractivity contribution in [2.24, 2.45) is 5.92 Å². The molecule has 1 saturated heterocycles. The Morgan fingerprint density at radius 2 is 1.81 bits per heavy atom. The molecule has 3 nitrogen and oxygen atoms in total. The minimum Gasteiger partial charge on any atom is -0.341 e. The first-order valence-corrected chi connectivity index (χ1v) is 8.77. The average Bonchev–Trinajstić information content (AvgIpc) is 2.65. The van der Waals surface area contributed by atoms with Gasteiger partial charge < -0.3 is 4.90 Å². The molecule has 3 rings (SSSR count). The molecule has 0 radical (unpaired) electrons. The van der Waals surface area contributed by atoms with Gasteiger partial charge in [0.2, 0.25) is 5.91 Å². The van der Waals surface area contributed by atoms with Gasteiger partial charge in [-0.15, -0.1) is 0 Å². The molecule has 1 saturated carbocycles. The van der Waals surface area contributed by atoms with Crippen molar-refractivity contribution in [2.75, 3.05) is 26.2 Å². The van der Waals surface area contributed by atoms with Crippen molar-refractivity contribution in [3.05, 3.63) is 34.3 Å². The van der Waals surface area contributed by atoms with E-state index in [1.807, 2.05) is 0 Å². The third-order valence-electron chi connectivity index (χ3n) is 4.67. The van der Waals surface area contributed by atoms with Crippen molar-refractivity contribution in [1.29, 1.82) is 0 Å². The molecule has 0 aromatic heterocycles. The van der Waals surface area contributed by atoms with E-state index in [2.05, 4.69) is 50.0 Å². The summed E-state index contributed by atoms with van der Waals surface area (Å²) in [7, 11) is 0. The van der Waals surface area contributed by atoms with Crippen LogP contribution in [-0.2, 0) is 11.3 Å². The van der Waals surface area contributed by atoms with Crippen molar-refractivity contribution in [3.63, 3.8) is 0 Å². The minimum absolute atomic E-state index is 0.336. The van der Waals surface area contributed by atoms with Crippen LogP contribution in [0.5, 0.6) is 0 Å². The molecule has 1 heterocycles. The second kappa shape index (κ2) is 6.93. The zero-order valence-corrected chi connectivity index (χ0v) is 14.0. The fraction of sp³-hybridized carbons (Fsp3) is 0.588. The highest BCUT2D eigenvalue weighted by Gasteiger charge is 2.30. The molecule has 1 aromatic carbocycles. The van der Waals surface area contributed by atoms with Crippen LogP contribution >= 0.6 is 15.9 Å². The third-order valence-corrected chi connectivity index (χ3v) is 5.20. The topological polar surface area (TPSA) is 23.6 Å². The summed E-state index contributed by atoms with van der Waals surface area (Å²) in [6, 6.07) is 8.54. The van der Waals surface area contributed by atoms with Crippen LogP contribution in [0.15, 0.2) is 28.7 Å². The predicted molar refractivity (Wildman–Crippen MR) is 88.0 cm³/mol. The Morgan fingerprint density at radius 1 is 1.05 bits per heavy atom. The molecule has 1 aliphatic carbocycles. The summed E-state index contributed by atoms with van der Waals surface area (Å²) in [4.78, 5) is 16.9. The third kappa shape index (κ3) is 3.86. The summed E-state index contributed by atoms with van der Waals surface area (Å²) < 4.78 is 1.12. The summed E-state index contributed by atoms with van der Waals surface area (Å²) in [6.07, 6.45) is 4.55. The molecule has 0 unspecified atom stereocenters. The fourth-order valence-electron chi connectivity index (χ4n) is 3.11. The van der Waals surface area contributed by atoms with Gasteiger partial charge in [0.15, 0.2) is 0 Å². The Labute approximate surface area is 135 Å². The molecule has 21 heavy (non-hydrogen) atoms. The van der Waals surface area contributed by atoms with Gasteiger partial charge >= 0.3 is 0 Å². The molecule has 4 heteroatoms. The van der Waals surface area contributed by atoms with E-state index in [9.17, 15) is 4.79 Å². The first-order valence-electron chi connectivity index (χ1n) is 7.98. The Balaban J connectivity index is 1.53. The Kier molecular flexibility index (Phi) is 4.96. The molecule has 0 spiro atoms. The summed E-state index contributed by atoms with van der Waals surface area (Å²) in [5.41, 5.74) is 1.34. The second-order valence-electron chi connectivity index (χ2n) is 6.21. The van der Waals surface area contributed by atoms with E-state index in [0.29, 0.717) is 11.8 Å². The zero-order chi connectivity index (χ0) is 14.7. The van der Waals surface area contributed by atoms with Crippen LogP contribution in [0.3, 0.4) is 0 Å². The van der Waals surface area contributed by atoms with E-state index in [0.717, 1.165) is 56.5 Å². The number of nitrogens with zero attached hydrogens (tertiary/aromatic N) is 2. The van der Waals surface area contributed by atoms with Gasteiger partial charge in [0.05, 0.1) is 0 Å². The highest BCUT2D eigenvalue weighted by atomic mass is 79.9. The predicted octanol–water partition coefficient (Wildman–Crippen LogP) is 3.28. The lowest BCUT2D eigenvalue weighted by Gasteiger charge is -2.31. The molecular formula is C17H23BrN2O. The monoisotopic (exact) mass is 350 g/mol. The number of amides is 1. The van der Waals surface area contributed by atoms with Gasteiger partial charge in [-0.25, -0.2) is 0 Å². The number of hydrogen-bond donors (Lipinski definition) is 0. The maximum absolute atomic E-state index is 12.3. The lowest BCUT2D eigenvalue weighted by molar-refractivity contribution is -0.138. The van der Waals surface area contributed by atoms with Gasteiger partial charge in [0.1, 0.15) is 0 Å². The summed E-state index contributed by atoms with van der Waals surface area (Å²) in [5, 5.41) is 0. The Morgan fingerprint density at radius 3 is 2.48 bits per heavy atom. The van der Waals surface area contributed by atoms with Gasteiger partial charge in [0.25, 0.3) is 0 Å². The van der Waals surface area contributed by atoms with E-state index in [1.54, 1.807) is 0 Å². The maximum Gasteiger partial charge on any atom is 0.225 e. The Hall–Kier alpha value is -0.870. The number of rotatable bonds is 3. The molecule has 2 fully saturated rings. The molecular weight excluding hydrogens is 328 g/mol. The van der Waals surface area contributed by atoms with Crippen LogP contribution in [0.4, 0.5) is 0 Å². The normalized spacial score (nSPS) is 20.9. The standard InChI is InChI=1S/C17H23BrN2O/c18-16-7-5-14(6-8-16)13-19-9-2-10-20(12-11-19)17(21)15-3-1-4-15/h5-8,15H,1-4,9-13H2. The number of halogens is 1. The second-order valence-corrected chi connectivity index (χ2v) is 7.12. The summed E-state index contributed by atoms with van der Waals surface area (Å²) in [6.45, 7) is 4.90. The smallest absolute Gasteiger partial charge is 0.225 e. The number of benzene rings is 1. The van der Waals surface area contributed by atoms with Crippen LogP contribution < -0.4 is 0 Å². The van der Waals surface area contributed by atoms with Gasteiger partial charge in [-0.1, -0.05) is 34.5 Å². The molecule has 114 valence electrons. The van der Waals surface area contributed by atoms with Crippen LogP contribution in [0.2, 0.25) is 0 Å². The van der Waals surface area contributed by atoms with Gasteiger partial charge in [-0.3, -0.25) is 9.69 Å². The first kappa shape index (κ1) is 15.0. The van der Waals surface area contributed by atoms with Crippen molar-refractivity contribution < 1.29 is 4.79 Å². The van der Waals surface area contributed by atoms with Crippen molar-refractivity contribution in [3.8, 4) is 0 Å². The fourth-order valence-corrected chi connectivity index (χ4v) is 3.38. The van der Waals surface area contributed by atoms with E-state index < -0.39 is 0 Å². The van der Waals surface area contributed by atoms with E-state index >= 15 is 0 Å². The van der Waals surface area contributed by atoms with Crippen molar-refractivity contribution in [1.82, 2.24) is 9.80 Å². The molecule has 1 amide bonds. The first-order chi connectivity index (χ1) is 10.2. The summed E-state index contributed by atoms with van der Waals surface area (Å²) in [5.74, 6) is 0.745. The van der Waals surface area contributed by atoms with Crippen LogP contribution in [-0.4, -0.2) is 41.9 Å². The lowest BCUT2D eigenvalue weighted by Crippen LogP contribution is -2.41. The Bertz CT molecular complexity index is 484. The molecule has 2 aliphatic rings. The largest absolute Gasteiger partial charge is 0.341 e. The van der Waals surface area contributed by atoms with Crippen LogP contribution in [0, 0.1) is 5.92 Å². The highest BCUT2D eigenvalue weighted by molar-refractivity contribution is 9.10. The van der Waals surface area contributed by atoms with Gasteiger partial charge in [-0.05, 0) is 37.0 Å². The van der Waals surface area contributed by atoms with Gasteiger partial charge in [0, 0.05) is 43.1 Å². The van der Waals surface area contributed by atoms with E-state index in [-0.39, 0.29) is 0 Å². The molecule has 0 N–H and O–H groups in total. The molecule has 1 aromatic rings. The SMILES string of the molecule is O=C(C1CCC1)N1CCCN(Cc2ccc(Br)cc2)CC1. The van der Waals surface area contributed by atoms with Crippen molar-refractivity contribution in [2.45, 2.75) is 32.2 Å². The van der Waals surface area contributed by atoms with Crippen LogP contribution in [0.1, 0.15) is 31.2 Å². The van der Waals surface area contributed by atoms with Gasteiger partial charge in [-0.2, -0.15) is 0 Å². The highest BCUT2D eigenvalue weighted by Crippen LogP contribution is 2.28. The molecule has 1 aliphatic heterocycles. The maximum atomic E-state index is 12.3. The average molecular weight is 351 g/mol. The number of hydrogen-bond acceptors (Lipinski definition) is 2. The summed E-state index contributed by atoms with van der Waals surface area (Å²) >= 11 is 3.47. The lowest BCUT2D eigenvalue weighted by atomic mass is 9.84. The van der Waals surface area contributed by atoms with Crippen molar-refractivity contribution >= 4 is 21.8 Å².